The first-order valence-electron chi connectivity index (χ1n) is 8.36. The van der Waals surface area contributed by atoms with E-state index in [4.69, 9.17) is 4.74 Å². The zero-order chi connectivity index (χ0) is 16.9. The number of fused-ring (bicyclic) bond motifs is 2. The van der Waals surface area contributed by atoms with E-state index in [1.165, 1.54) is 0 Å². The second-order valence-corrected chi connectivity index (χ2v) is 7.02. The maximum atomic E-state index is 13.0. The monoisotopic (exact) mass is 328 g/mol. The Morgan fingerprint density at radius 2 is 2.12 bits per heavy atom. The Balaban J connectivity index is 1.59. The van der Waals surface area contributed by atoms with Crippen molar-refractivity contribution in [1.82, 2.24) is 5.32 Å². The highest BCUT2D eigenvalue weighted by Gasteiger charge is 2.73. The molecule has 2 N–H and O–H groups in total. The Labute approximate surface area is 139 Å². The number of carbonyl (C=O) groups excluding carboxylic acids is 3. The molecule has 2 amide bonds. The summed E-state index contributed by atoms with van der Waals surface area (Å²) >= 11 is 0. The number of hydrogen-bond acceptors (Lipinski definition) is 4. The van der Waals surface area contributed by atoms with Gasteiger partial charge >= 0.3 is 0 Å². The quantitative estimate of drug-likeness (QED) is 0.859. The van der Waals surface area contributed by atoms with Crippen LogP contribution in [0.2, 0.25) is 0 Å². The maximum absolute atomic E-state index is 13.0. The second kappa shape index (κ2) is 5.41. The third-order valence-electron chi connectivity index (χ3n) is 5.51. The Hall–Kier alpha value is -2.21. The van der Waals surface area contributed by atoms with Crippen LogP contribution in [0.1, 0.15) is 30.1 Å². The van der Waals surface area contributed by atoms with E-state index in [0.29, 0.717) is 24.5 Å². The van der Waals surface area contributed by atoms with Gasteiger partial charge in [-0.1, -0.05) is 19.1 Å². The van der Waals surface area contributed by atoms with Gasteiger partial charge in [-0.3, -0.25) is 14.4 Å². The summed E-state index contributed by atoms with van der Waals surface area (Å²) in [5, 5.41) is 5.75. The summed E-state index contributed by atoms with van der Waals surface area (Å²) in [6, 6.07) is 6.93. The summed E-state index contributed by atoms with van der Waals surface area (Å²) in [6.07, 6.45) is 1.77. The molecule has 2 heterocycles. The van der Waals surface area contributed by atoms with Crippen molar-refractivity contribution in [3.8, 4) is 0 Å². The Bertz CT molecular complexity index is 725. The Morgan fingerprint density at radius 3 is 2.88 bits per heavy atom. The standard InChI is InChI=1S/C18H20N2O4/c1-18-13(16(22)19-10-5-4-8-24-9-10)14(18)17(23)20-12-7-3-2-6-11(12)15(18)21/h2-3,6-7,10,13-14H,4-5,8-9H2,1H3,(H,19,22)(H,20,23)/t10?,13-,14?,18+/m0/s1. The molecule has 2 aliphatic heterocycles. The summed E-state index contributed by atoms with van der Waals surface area (Å²) < 4.78 is 5.37. The lowest BCUT2D eigenvalue weighted by atomic mass is 9.92. The van der Waals surface area contributed by atoms with Gasteiger partial charge < -0.3 is 15.4 Å². The van der Waals surface area contributed by atoms with Gasteiger partial charge in [-0.05, 0) is 25.0 Å². The molecule has 6 heteroatoms. The number of nitrogens with one attached hydrogen (secondary N) is 2. The van der Waals surface area contributed by atoms with Crippen LogP contribution in [0.15, 0.2) is 24.3 Å². The van der Waals surface area contributed by atoms with E-state index >= 15 is 0 Å². The first-order chi connectivity index (χ1) is 11.5. The Morgan fingerprint density at radius 1 is 1.33 bits per heavy atom. The minimum absolute atomic E-state index is 0.0369. The number of carbonyl (C=O) groups is 3. The predicted octanol–water partition coefficient (Wildman–Crippen LogP) is 1.37. The number of ether oxygens (including phenoxy) is 1. The number of hydrogen-bond donors (Lipinski definition) is 2. The van der Waals surface area contributed by atoms with Gasteiger partial charge in [-0.2, -0.15) is 0 Å². The van der Waals surface area contributed by atoms with Crippen molar-refractivity contribution < 1.29 is 19.1 Å². The zero-order valence-electron chi connectivity index (χ0n) is 13.5. The highest BCUT2D eigenvalue weighted by atomic mass is 16.5. The van der Waals surface area contributed by atoms with Crippen molar-refractivity contribution in [2.45, 2.75) is 25.8 Å². The fourth-order valence-electron chi connectivity index (χ4n) is 4.08. The lowest BCUT2D eigenvalue weighted by Crippen LogP contribution is -2.42. The predicted molar refractivity (Wildman–Crippen MR) is 86.5 cm³/mol. The van der Waals surface area contributed by atoms with E-state index in [0.717, 1.165) is 12.8 Å². The van der Waals surface area contributed by atoms with Gasteiger partial charge in [0.2, 0.25) is 11.8 Å². The molecule has 0 radical (unpaired) electrons. The number of ketones is 1. The van der Waals surface area contributed by atoms with Gasteiger partial charge in [0.05, 0.1) is 35.6 Å². The molecule has 1 saturated carbocycles. The first kappa shape index (κ1) is 15.3. The smallest absolute Gasteiger partial charge is 0.229 e. The molecule has 1 aliphatic carbocycles. The number of anilines is 1. The molecule has 0 aromatic heterocycles. The third-order valence-corrected chi connectivity index (χ3v) is 5.51. The molecule has 3 aliphatic rings. The van der Waals surface area contributed by atoms with E-state index in [1.807, 2.05) is 0 Å². The lowest BCUT2D eigenvalue weighted by Gasteiger charge is -2.23. The van der Waals surface area contributed by atoms with Gasteiger partial charge in [0, 0.05) is 12.2 Å². The maximum Gasteiger partial charge on any atom is 0.229 e. The number of benzene rings is 1. The van der Waals surface area contributed by atoms with Crippen LogP contribution in [0.4, 0.5) is 5.69 Å². The molecule has 1 aromatic rings. The van der Waals surface area contributed by atoms with Crippen LogP contribution < -0.4 is 10.6 Å². The minimum atomic E-state index is -0.962. The molecule has 126 valence electrons. The third kappa shape index (κ3) is 2.17. The first-order valence-corrected chi connectivity index (χ1v) is 8.36. The summed E-state index contributed by atoms with van der Waals surface area (Å²) in [6.45, 7) is 2.93. The van der Waals surface area contributed by atoms with Crippen molar-refractivity contribution in [1.29, 1.82) is 0 Å². The van der Waals surface area contributed by atoms with Crippen molar-refractivity contribution in [3.63, 3.8) is 0 Å². The van der Waals surface area contributed by atoms with E-state index < -0.39 is 17.3 Å². The molecule has 2 unspecified atom stereocenters. The van der Waals surface area contributed by atoms with Crippen LogP contribution in [-0.4, -0.2) is 36.9 Å². The van der Waals surface area contributed by atoms with Crippen LogP contribution >= 0.6 is 0 Å². The van der Waals surface area contributed by atoms with Gasteiger partial charge in [0.15, 0.2) is 5.78 Å². The van der Waals surface area contributed by atoms with Gasteiger partial charge in [0.1, 0.15) is 0 Å². The zero-order valence-corrected chi connectivity index (χ0v) is 13.5. The molecule has 1 aromatic carbocycles. The molecule has 4 atom stereocenters. The average Bonchev–Trinajstić information content (AvgIpc) is 3.24. The topological polar surface area (TPSA) is 84.5 Å². The van der Waals surface area contributed by atoms with Crippen molar-refractivity contribution in [2.75, 3.05) is 18.5 Å². The van der Waals surface area contributed by atoms with Crippen LogP contribution in [0.5, 0.6) is 0 Å². The van der Waals surface area contributed by atoms with Crippen LogP contribution in [0, 0.1) is 17.3 Å². The molecule has 6 nitrogen and oxygen atoms in total. The fourth-order valence-corrected chi connectivity index (χ4v) is 4.08. The van der Waals surface area contributed by atoms with Crippen LogP contribution in [0.25, 0.3) is 0 Å². The lowest BCUT2D eigenvalue weighted by molar-refractivity contribution is -0.126. The van der Waals surface area contributed by atoms with Crippen molar-refractivity contribution in [3.05, 3.63) is 29.8 Å². The van der Waals surface area contributed by atoms with E-state index in [1.54, 1.807) is 31.2 Å². The highest BCUT2D eigenvalue weighted by Crippen LogP contribution is 2.62. The number of Topliss-reactive ketones (excluding diaryl/α,β-unsaturated/α-hetero) is 1. The molecule has 0 spiro atoms. The second-order valence-electron chi connectivity index (χ2n) is 7.02. The van der Waals surface area contributed by atoms with Gasteiger partial charge in [-0.25, -0.2) is 0 Å². The summed E-state index contributed by atoms with van der Waals surface area (Å²) in [5.41, 5.74) is 0.0453. The number of amides is 2. The summed E-state index contributed by atoms with van der Waals surface area (Å²) in [4.78, 5) is 38.1. The number of rotatable bonds is 2. The SMILES string of the molecule is C[C@]12C(=O)c3ccccc3NC(=O)C1[C@H]2C(=O)NC1CCCOC1. The van der Waals surface area contributed by atoms with Crippen molar-refractivity contribution >= 4 is 23.3 Å². The average molecular weight is 328 g/mol. The van der Waals surface area contributed by atoms with E-state index in [9.17, 15) is 14.4 Å². The van der Waals surface area contributed by atoms with Crippen LogP contribution in [0.3, 0.4) is 0 Å². The van der Waals surface area contributed by atoms with Crippen LogP contribution in [-0.2, 0) is 14.3 Å². The highest BCUT2D eigenvalue weighted by molar-refractivity contribution is 6.19. The molecule has 0 bridgehead atoms. The molecular formula is C18H20N2O4. The van der Waals surface area contributed by atoms with Crippen molar-refractivity contribution in [2.24, 2.45) is 17.3 Å². The normalized spacial score (nSPS) is 34.5. The fraction of sp³-hybridized carbons (Fsp3) is 0.500. The molecule has 1 saturated heterocycles. The van der Waals surface area contributed by atoms with Gasteiger partial charge in [-0.15, -0.1) is 0 Å². The molecule has 2 fully saturated rings. The summed E-state index contributed by atoms with van der Waals surface area (Å²) in [7, 11) is 0. The minimum Gasteiger partial charge on any atom is -0.379 e. The van der Waals surface area contributed by atoms with E-state index in [-0.39, 0.29) is 23.6 Å². The van der Waals surface area contributed by atoms with E-state index in [2.05, 4.69) is 10.6 Å². The summed E-state index contributed by atoms with van der Waals surface area (Å²) in [5.74, 6) is -1.83. The molecule has 24 heavy (non-hydrogen) atoms. The number of para-hydroxylation sites is 1. The molecular weight excluding hydrogens is 308 g/mol. The molecule has 4 rings (SSSR count). The Kier molecular flexibility index (Phi) is 3.46. The van der Waals surface area contributed by atoms with Gasteiger partial charge in [0.25, 0.3) is 0 Å². The largest absolute Gasteiger partial charge is 0.379 e.